The summed E-state index contributed by atoms with van der Waals surface area (Å²) < 4.78 is 0. The fourth-order valence-corrected chi connectivity index (χ4v) is 1.65. The van der Waals surface area contributed by atoms with Crippen LogP contribution in [0, 0.1) is 25.2 Å². The quantitative estimate of drug-likeness (QED) is 0.736. The van der Waals surface area contributed by atoms with Crippen LogP contribution in [0.15, 0.2) is 18.2 Å². The highest BCUT2D eigenvalue weighted by Gasteiger charge is 2.01. The molecule has 1 aromatic rings. The molecule has 1 rings (SSSR count). The highest BCUT2D eigenvalue weighted by atomic mass is 79.9. The molecular formula is C12H12BrN. The summed E-state index contributed by atoms with van der Waals surface area (Å²) >= 11 is 3.34. The monoisotopic (exact) mass is 249 g/mol. The van der Waals surface area contributed by atoms with E-state index in [1.807, 2.05) is 26.0 Å². The van der Waals surface area contributed by atoms with E-state index in [-0.39, 0.29) is 0 Å². The van der Waals surface area contributed by atoms with Gasteiger partial charge in [0.1, 0.15) is 0 Å². The number of benzene rings is 1. The highest BCUT2D eigenvalue weighted by Crippen LogP contribution is 2.17. The number of hydrogen-bond donors (Lipinski definition) is 0. The Morgan fingerprint density at radius 3 is 2.36 bits per heavy atom. The molecule has 0 aromatic heterocycles. The third-order valence-corrected chi connectivity index (χ3v) is 2.47. The van der Waals surface area contributed by atoms with Crippen LogP contribution in [-0.2, 0) is 0 Å². The van der Waals surface area contributed by atoms with Gasteiger partial charge in [0, 0.05) is 5.33 Å². The first kappa shape index (κ1) is 11.0. The van der Waals surface area contributed by atoms with Gasteiger partial charge < -0.3 is 0 Å². The molecule has 0 heterocycles. The average molecular weight is 250 g/mol. The van der Waals surface area contributed by atoms with E-state index in [9.17, 15) is 0 Å². The van der Waals surface area contributed by atoms with Crippen molar-refractivity contribution in [1.82, 2.24) is 0 Å². The van der Waals surface area contributed by atoms with Crippen molar-refractivity contribution in [2.45, 2.75) is 13.8 Å². The first-order valence-electron chi connectivity index (χ1n) is 4.43. The second kappa shape index (κ2) is 4.97. The second-order valence-electron chi connectivity index (χ2n) is 3.19. The smallest absolute Gasteiger partial charge is 0.0991 e. The number of nitrogens with zero attached hydrogens (tertiary/aromatic N) is 1. The second-order valence-corrected chi connectivity index (χ2v) is 3.84. The molecule has 0 aliphatic rings. The summed E-state index contributed by atoms with van der Waals surface area (Å²) in [6, 6.07) is 5.99. The summed E-state index contributed by atoms with van der Waals surface area (Å²) in [5.74, 6) is 0. The van der Waals surface area contributed by atoms with Crippen molar-refractivity contribution < 1.29 is 0 Å². The molecule has 0 unspecified atom stereocenters. The Morgan fingerprint density at radius 1 is 1.36 bits per heavy atom. The van der Waals surface area contributed by atoms with E-state index < -0.39 is 0 Å². The third kappa shape index (κ3) is 2.46. The van der Waals surface area contributed by atoms with E-state index in [4.69, 9.17) is 5.26 Å². The van der Waals surface area contributed by atoms with Crippen LogP contribution in [0.2, 0.25) is 0 Å². The topological polar surface area (TPSA) is 23.8 Å². The predicted molar refractivity (Wildman–Crippen MR) is 63.5 cm³/mol. The maximum Gasteiger partial charge on any atom is 0.0991 e. The van der Waals surface area contributed by atoms with Crippen LogP contribution in [0.4, 0.5) is 0 Å². The van der Waals surface area contributed by atoms with Crippen LogP contribution < -0.4 is 0 Å². The van der Waals surface area contributed by atoms with Crippen LogP contribution in [-0.4, -0.2) is 5.33 Å². The first-order valence-corrected chi connectivity index (χ1v) is 5.55. The van der Waals surface area contributed by atoms with Crippen LogP contribution in [0.3, 0.4) is 0 Å². The van der Waals surface area contributed by atoms with Gasteiger partial charge in [-0.25, -0.2) is 0 Å². The van der Waals surface area contributed by atoms with Gasteiger partial charge in [-0.1, -0.05) is 28.1 Å². The molecule has 1 nitrogen and oxygen atoms in total. The zero-order valence-electron chi connectivity index (χ0n) is 8.34. The number of allylic oxidation sites excluding steroid dienone is 1. The molecule has 0 amide bonds. The van der Waals surface area contributed by atoms with Crippen molar-refractivity contribution in [3.8, 4) is 6.07 Å². The third-order valence-electron chi connectivity index (χ3n) is 2.10. The lowest BCUT2D eigenvalue weighted by Gasteiger charge is -2.05. The van der Waals surface area contributed by atoms with E-state index in [0.29, 0.717) is 0 Å². The lowest BCUT2D eigenvalue weighted by molar-refractivity contribution is 1.33. The van der Waals surface area contributed by atoms with Gasteiger partial charge >= 0.3 is 0 Å². The van der Waals surface area contributed by atoms with Crippen LogP contribution >= 0.6 is 15.9 Å². The van der Waals surface area contributed by atoms with Crippen LogP contribution in [0.5, 0.6) is 0 Å². The molecule has 72 valence electrons. The Kier molecular flexibility index (Phi) is 3.91. The summed E-state index contributed by atoms with van der Waals surface area (Å²) in [5, 5.41) is 9.63. The molecule has 0 spiro atoms. The van der Waals surface area contributed by atoms with Gasteiger partial charge in [-0.15, -0.1) is 0 Å². The first-order chi connectivity index (χ1) is 6.69. The van der Waals surface area contributed by atoms with Crippen LogP contribution in [0.25, 0.3) is 6.08 Å². The van der Waals surface area contributed by atoms with E-state index in [1.165, 1.54) is 5.56 Å². The van der Waals surface area contributed by atoms with E-state index in [0.717, 1.165) is 22.0 Å². The molecule has 0 bridgehead atoms. The molecular weight excluding hydrogens is 238 g/mol. The Hall–Kier alpha value is -1.07. The lowest BCUT2D eigenvalue weighted by Crippen LogP contribution is -1.88. The van der Waals surface area contributed by atoms with Crippen molar-refractivity contribution in [2.75, 3.05) is 5.33 Å². The number of nitriles is 1. The molecule has 0 saturated heterocycles. The number of hydrogen-bond acceptors (Lipinski definition) is 1. The zero-order chi connectivity index (χ0) is 10.6. The normalized spacial score (nSPS) is 10.4. The molecule has 0 atom stereocenters. The average Bonchev–Trinajstić information content (AvgIpc) is 2.16. The number of aryl methyl sites for hydroxylation is 2. The highest BCUT2D eigenvalue weighted by molar-refractivity contribution is 9.09. The van der Waals surface area contributed by atoms with E-state index in [2.05, 4.69) is 34.2 Å². The van der Waals surface area contributed by atoms with E-state index in [1.54, 1.807) is 0 Å². The molecule has 0 saturated carbocycles. The standard InChI is InChI=1S/C12H12BrN/c1-9-6-11(8-14)7-10(2)12(9)4-3-5-13/h3-4,6-7H,5H2,1-2H3. The van der Waals surface area contributed by atoms with Crippen molar-refractivity contribution in [2.24, 2.45) is 0 Å². The van der Waals surface area contributed by atoms with Gasteiger partial charge in [0.05, 0.1) is 11.6 Å². The molecule has 0 aliphatic carbocycles. The Balaban J connectivity index is 3.20. The van der Waals surface area contributed by atoms with Crippen molar-refractivity contribution >= 4 is 22.0 Å². The Bertz CT molecular complexity index is 376. The fourth-order valence-electron chi connectivity index (χ4n) is 1.46. The largest absolute Gasteiger partial charge is 0.192 e. The predicted octanol–water partition coefficient (Wildman–Crippen LogP) is 3.58. The van der Waals surface area contributed by atoms with Gasteiger partial charge in [0.25, 0.3) is 0 Å². The summed E-state index contributed by atoms with van der Waals surface area (Å²) in [5.41, 5.74) is 4.25. The lowest BCUT2D eigenvalue weighted by atomic mass is 9.99. The van der Waals surface area contributed by atoms with Gasteiger partial charge in [-0.3, -0.25) is 0 Å². The fraction of sp³-hybridized carbons (Fsp3) is 0.250. The summed E-state index contributed by atoms with van der Waals surface area (Å²) in [6.07, 6.45) is 4.14. The number of alkyl halides is 1. The van der Waals surface area contributed by atoms with Gasteiger partial charge in [-0.2, -0.15) is 5.26 Å². The SMILES string of the molecule is Cc1cc(C#N)cc(C)c1C=CCBr. The minimum Gasteiger partial charge on any atom is -0.192 e. The van der Waals surface area contributed by atoms with Crippen LogP contribution in [0.1, 0.15) is 22.3 Å². The molecule has 14 heavy (non-hydrogen) atoms. The molecule has 1 aromatic carbocycles. The van der Waals surface area contributed by atoms with Crippen molar-refractivity contribution in [3.63, 3.8) is 0 Å². The Labute approximate surface area is 93.2 Å². The molecule has 0 radical (unpaired) electrons. The summed E-state index contributed by atoms with van der Waals surface area (Å²) in [6.45, 7) is 4.06. The van der Waals surface area contributed by atoms with Crippen molar-refractivity contribution in [3.05, 3.63) is 40.5 Å². The minimum absolute atomic E-state index is 0.732. The summed E-state index contributed by atoms with van der Waals surface area (Å²) in [7, 11) is 0. The maximum atomic E-state index is 8.78. The number of halogens is 1. The molecule has 0 aliphatic heterocycles. The molecule has 0 fully saturated rings. The van der Waals surface area contributed by atoms with E-state index >= 15 is 0 Å². The zero-order valence-corrected chi connectivity index (χ0v) is 9.93. The molecule has 2 heteroatoms. The minimum atomic E-state index is 0.732. The summed E-state index contributed by atoms with van der Waals surface area (Å²) in [4.78, 5) is 0. The maximum absolute atomic E-state index is 8.78. The number of rotatable bonds is 2. The van der Waals surface area contributed by atoms with Crippen molar-refractivity contribution in [1.29, 1.82) is 5.26 Å². The van der Waals surface area contributed by atoms with Gasteiger partial charge in [0.15, 0.2) is 0 Å². The van der Waals surface area contributed by atoms with Gasteiger partial charge in [-0.05, 0) is 42.7 Å². The molecule has 0 N–H and O–H groups in total. The Morgan fingerprint density at radius 2 is 1.93 bits per heavy atom. The van der Waals surface area contributed by atoms with Gasteiger partial charge in [0.2, 0.25) is 0 Å².